The van der Waals surface area contributed by atoms with Gasteiger partial charge in [0.05, 0.1) is 25.1 Å². The van der Waals surface area contributed by atoms with E-state index in [1.54, 1.807) is 24.3 Å². The predicted octanol–water partition coefficient (Wildman–Crippen LogP) is 3.53. The fraction of sp³-hybridized carbons (Fsp3) is 0.407. The summed E-state index contributed by atoms with van der Waals surface area (Å²) < 4.78 is 5.41. The summed E-state index contributed by atoms with van der Waals surface area (Å²) >= 11 is 0. The van der Waals surface area contributed by atoms with Crippen LogP contribution in [0.2, 0.25) is 0 Å². The van der Waals surface area contributed by atoms with Crippen LogP contribution in [0.25, 0.3) is 10.9 Å². The highest BCUT2D eigenvalue weighted by molar-refractivity contribution is 6.02. The summed E-state index contributed by atoms with van der Waals surface area (Å²) in [7, 11) is 1.60. The number of urea groups is 1. The largest absolute Gasteiger partial charge is 0.496 e. The number of nitrogens with zero attached hydrogens (tertiary/aromatic N) is 4. The molecule has 9 nitrogen and oxygen atoms in total. The number of carboxylic acids is 1. The number of hydrogen-bond acceptors (Lipinski definition) is 6. The molecule has 0 radical (unpaired) electrons. The number of ether oxygens (including phenoxy) is 1. The van der Waals surface area contributed by atoms with Crippen molar-refractivity contribution >= 4 is 28.7 Å². The van der Waals surface area contributed by atoms with E-state index in [2.05, 4.69) is 33.5 Å². The maximum absolute atomic E-state index is 13.3. The summed E-state index contributed by atoms with van der Waals surface area (Å²) in [6, 6.07) is 6.92. The van der Waals surface area contributed by atoms with Crippen molar-refractivity contribution < 1.29 is 19.4 Å². The Morgan fingerprint density at radius 3 is 3.03 bits per heavy atom. The average molecular weight is 490 g/mol. The predicted molar refractivity (Wildman–Crippen MR) is 137 cm³/mol. The molecule has 0 saturated carbocycles. The molecule has 3 aliphatic rings. The number of aromatic nitrogens is 1. The third kappa shape index (κ3) is 4.91. The zero-order valence-corrected chi connectivity index (χ0v) is 20.4. The number of nitrogens with one attached hydrogen (secondary N) is 1. The SMILES string of the molecule is COc1ccnc2cc(C(CC(=O)O)N3CCN(CCCC4C=CC5=CCCN=C5N4)C3=O)ccc12. The molecule has 0 spiro atoms. The Kier molecular flexibility index (Phi) is 6.88. The summed E-state index contributed by atoms with van der Waals surface area (Å²) in [5, 5.41) is 13.9. The van der Waals surface area contributed by atoms with Gasteiger partial charge in [-0.25, -0.2) is 4.79 Å². The van der Waals surface area contributed by atoms with Gasteiger partial charge in [0.25, 0.3) is 0 Å². The second-order valence-electron chi connectivity index (χ2n) is 9.30. The number of aliphatic carboxylic acids is 1. The highest BCUT2D eigenvalue weighted by Crippen LogP contribution is 2.32. The Hall–Kier alpha value is -3.88. The van der Waals surface area contributed by atoms with E-state index in [1.807, 2.05) is 23.1 Å². The van der Waals surface area contributed by atoms with Gasteiger partial charge in [-0.1, -0.05) is 24.3 Å². The molecule has 2 unspecified atom stereocenters. The van der Waals surface area contributed by atoms with Crippen LogP contribution in [0.15, 0.2) is 59.3 Å². The zero-order valence-electron chi connectivity index (χ0n) is 20.4. The normalized spacial score (nSPS) is 20.0. The average Bonchev–Trinajstić information content (AvgIpc) is 3.26. The zero-order chi connectivity index (χ0) is 25.1. The Balaban J connectivity index is 1.24. The molecule has 0 bridgehead atoms. The van der Waals surface area contributed by atoms with E-state index < -0.39 is 12.0 Å². The molecule has 4 heterocycles. The molecule has 5 rings (SSSR count). The van der Waals surface area contributed by atoms with Gasteiger partial charge in [-0.15, -0.1) is 0 Å². The van der Waals surface area contributed by atoms with Crippen LogP contribution in [-0.4, -0.2) is 77.1 Å². The third-order valence-electron chi connectivity index (χ3n) is 7.01. The maximum atomic E-state index is 13.3. The number of fused-ring (bicyclic) bond motifs is 2. The topological polar surface area (TPSA) is 107 Å². The van der Waals surface area contributed by atoms with Crippen LogP contribution in [0, 0.1) is 0 Å². The van der Waals surface area contributed by atoms with E-state index in [9.17, 15) is 14.7 Å². The molecule has 9 heteroatoms. The van der Waals surface area contributed by atoms with E-state index in [-0.39, 0.29) is 18.5 Å². The lowest BCUT2D eigenvalue weighted by molar-refractivity contribution is -0.138. The monoisotopic (exact) mass is 489 g/mol. The minimum Gasteiger partial charge on any atom is -0.496 e. The van der Waals surface area contributed by atoms with E-state index in [0.29, 0.717) is 30.9 Å². The molecular formula is C27H31N5O4. The Labute approximate surface area is 210 Å². The van der Waals surface area contributed by atoms with Gasteiger partial charge in [0.1, 0.15) is 11.6 Å². The fourth-order valence-corrected chi connectivity index (χ4v) is 5.17. The number of amides is 2. The van der Waals surface area contributed by atoms with Gasteiger partial charge in [0.15, 0.2) is 0 Å². The first-order valence-electron chi connectivity index (χ1n) is 12.4. The molecule has 1 aromatic carbocycles. The highest BCUT2D eigenvalue weighted by Gasteiger charge is 2.35. The lowest BCUT2D eigenvalue weighted by atomic mass is 10.00. The van der Waals surface area contributed by atoms with E-state index in [4.69, 9.17) is 4.74 Å². The lowest BCUT2D eigenvalue weighted by Gasteiger charge is -2.28. The van der Waals surface area contributed by atoms with Crippen molar-refractivity contribution in [2.24, 2.45) is 4.99 Å². The first-order valence-corrected chi connectivity index (χ1v) is 12.4. The number of methoxy groups -OCH3 is 1. The summed E-state index contributed by atoms with van der Waals surface area (Å²) in [4.78, 5) is 37.5. The Bertz CT molecular complexity index is 1250. The number of rotatable bonds is 9. The highest BCUT2D eigenvalue weighted by atomic mass is 16.5. The van der Waals surface area contributed by atoms with Gasteiger partial charge in [0.2, 0.25) is 0 Å². The van der Waals surface area contributed by atoms with Gasteiger partial charge in [-0.3, -0.25) is 14.8 Å². The van der Waals surface area contributed by atoms with Gasteiger partial charge >= 0.3 is 12.0 Å². The standard InChI is InChI=1S/C27H31N5O4/c1-36-24-10-12-28-22-16-19(7-9-21(22)24)23(17-25(33)34)32-15-14-31(27(32)35)13-3-5-20-8-6-18-4-2-11-29-26(18)30-20/h4,6-10,12,16,20,23H,2-3,5,11,13-15,17H2,1H3,(H,29,30)(H,33,34). The fourth-order valence-electron chi connectivity index (χ4n) is 5.17. The number of amidine groups is 1. The number of dihydropyridines is 1. The Morgan fingerprint density at radius 2 is 2.19 bits per heavy atom. The molecule has 2 N–H and O–H groups in total. The van der Waals surface area contributed by atoms with Crippen LogP contribution in [0.1, 0.15) is 37.3 Å². The molecule has 188 valence electrons. The van der Waals surface area contributed by atoms with E-state index >= 15 is 0 Å². The van der Waals surface area contributed by atoms with Crippen molar-refractivity contribution in [1.82, 2.24) is 20.1 Å². The van der Waals surface area contributed by atoms with Crippen LogP contribution in [0.5, 0.6) is 5.75 Å². The summed E-state index contributed by atoms with van der Waals surface area (Å²) in [6.07, 6.45) is 10.7. The van der Waals surface area contributed by atoms with Crippen molar-refractivity contribution in [2.45, 2.75) is 37.8 Å². The van der Waals surface area contributed by atoms with E-state index in [1.165, 1.54) is 0 Å². The first kappa shape index (κ1) is 23.8. The smallest absolute Gasteiger partial charge is 0.320 e. The number of carboxylic acid groups (broad SMARTS) is 1. The van der Waals surface area contributed by atoms with Gasteiger partial charge in [-0.2, -0.15) is 0 Å². The minimum atomic E-state index is -0.945. The van der Waals surface area contributed by atoms with Crippen LogP contribution in [0.3, 0.4) is 0 Å². The van der Waals surface area contributed by atoms with Crippen LogP contribution in [0.4, 0.5) is 4.79 Å². The van der Waals surface area contributed by atoms with Gasteiger partial charge in [0, 0.05) is 49.4 Å². The number of pyridine rings is 1. The molecule has 0 aliphatic carbocycles. The maximum Gasteiger partial charge on any atom is 0.320 e. The van der Waals surface area contributed by atoms with Crippen LogP contribution >= 0.6 is 0 Å². The van der Waals surface area contributed by atoms with Gasteiger partial charge < -0.3 is 25.0 Å². The second kappa shape index (κ2) is 10.4. The van der Waals surface area contributed by atoms with Crippen molar-refractivity contribution in [3.63, 3.8) is 0 Å². The molecule has 3 aliphatic heterocycles. The number of hydrogen-bond donors (Lipinski definition) is 2. The number of carbonyl (C=O) groups is 2. The number of aliphatic imine (C=N–C) groups is 1. The first-order chi connectivity index (χ1) is 17.5. The Morgan fingerprint density at radius 1 is 1.31 bits per heavy atom. The van der Waals surface area contributed by atoms with Crippen molar-refractivity contribution in [1.29, 1.82) is 0 Å². The summed E-state index contributed by atoms with van der Waals surface area (Å²) in [5.74, 6) is 0.727. The number of benzene rings is 1. The third-order valence-corrected chi connectivity index (χ3v) is 7.01. The minimum absolute atomic E-state index is 0.117. The van der Waals surface area contributed by atoms with E-state index in [0.717, 1.165) is 48.2 Å². The van der Waals surface area contributed by atoms with Gasteiger partial charge in [-0.05, 0) is 43.0 Å². The van der Waals surface area contributed by atoms with Crippen LogP contribution < -0.4 is 10.1 Å². The molecular weight excluding hydrogens is 458 g/mol. The molecule has 1 aromatic heterocycles. The molecule has 1 fully saturated rings. The van der Waals surface area contributed by atoms with Crippen molar-refractivity contribution in [3.05, 3.63) is 59.8 Å². The molecule has 2 atom stereocenters. The lowest BCUT2D eigenvalue weighted by Crippen LogP contribution is -2.39. The van der Waals surface area contributed by atoms with Crippen LogP contribution in [-0.2, 0) is 4.79 Å². The molecule has 36 heavy (non-hydrogen) atoms. The number of carbonyl (C=O) groups excluding carboxylic acids is 1. The molecule has 2 aromatic rings. The summed E-state index contributed by atoms with van der Waals surface area (Å²) in [5.41, 5.74) is 2.63. The summed E-state index contributed by atoms with van der Waals surface area (Å²) in [6.45, 7) is 2.53. The molecule has 1 saturated heterocycles. The van der Waals surface area contributed by atoms with Crippen molar-refractivity contribution in [2.75, 3.05) is 33.3 Å². The van der Waals surface area contributed by atoms with Crippen molar-refractivity contribution in [3.8, 4) is 5.75 Å². The molecule has 2 amide bonds. The second-order valence-corrected chi connectivity index (χ2v) is 9.30. The quantitative estimate of drug-likeness (QED) is 0.558.